The van der Waals surface area contributed by atoms with Crippen LogP contribution in [0.4, 0.5) is 0 Å². The highest BCUT2D eigenvalue weighted by molar-refractivity contribution is 5.76. The first-order valence-corrected chi connectivity index (χ1v) is 7.30. The molecular weight excluding hydrogens is 252 g/mol. The maximum absolute atomic E-state index is 11.8. The maximum Gasteiger partial charge on any atom is 0.221 e. The zero-order valence-electron chi connectivity index (χ0n) is 12.5. The van der Waals surface area contributed by atoms with E-state index in [1.165, 1.54) is 5.56 Å². The van der Waals surface area contributed by atoms with E-state index in [1.54, 1.807) is 12.4 Å². The van der Waals surface area contributed by atoms with Crippen LogP contribution >= 0.6 is 0 Å². The molecule has 1 atom stereocenters. The number of hydrogen-bond donors (Lipinski definition) is 2. The highest BCUT2D eigenvalue weighted by atomic mass is 16.1. The van der Waals surface area contributed by atoms with Gasteiger partial charge in [-0.05, 0) is 30.7 Å². The third-order valence-corrected chi connectivity index (χ3v) is 3.32. The van der Waals surface area contributed by atoms with E-state index in [-0.39, 0.29) is 11.9 Å². The zero-order chi connectivity index (χ0) is 14.8. The van der Waals surface area contributed by atoms with Gasteiger partial charge in [-0.2, -0.15) is 0 Å². The first-order valence-electron chi connectivity index (χ1n) is 7.30. The number of pyridine rings is 1. The van der Waals surface area contributed by atoms with Crippen LogP contribution in [0.1, 0.15) is 32.3 Å². The van der Waals surface area contributed by atoms with E-state index in [0.717, 1.165) is 26.1 Å². The molecule has 3 N–H and O–H groups in total. The average Bonchev–Trinajstić information content (AvgIpc) is 2.49. The molecule has 5 nitrogen and oxygen atoms in total. The molecule has 1 rings (SSSR count). The van der Waals surface area contributed by atoms with Crippen molar-refractivity contribution in [3.63, 3.8) is 0 Å². The molecule has 0 aliphatic heterocycles. The van der Waals surface area contributed by atoms with E-state index >= 15 is 0 Å². The number of nitrogens with two attached hydrogens (primary N) is 1. The monoisotopic (exact) mass is 278 g/mol. The lowest BCUT2D eigenvalue weighted by molar-refractivity contribution is -0.122. The minimum Gasteiger partial charge on any atom is -0.356 e. The zero-order valence-corrected chi connectivity index (χ0v) is 12.5. The van der Waals surface area contributed by atoms with Gasteiger partial charge < -0.3 is 11.1 Å². The molecule has 0 saturated carbocycles. The molecule has 0 radical (unpaired) electrons. The van der Waals surface area contributed by atoms with Crippen molar-refractivity contribution in [2.75, 3.05) is 19.6 Å². The number of rotatable bonds is 9. The Morgan fingerprint density at radius 2 is 2.10 bits per heavy atom. The van der Waals surface area contributed by atoms with Gasteiger partial charge in [0.25, 0.3) is 0 Å². The number of likely N-dealkylation sites (N-methyl/N-ethyl adjacent to an activating group) is 1. The van der Waals surface area contributed by atoms with Crippen LogP contribution in [0.25, 0.3) is 0 Å². The van der Waals surface area contributed by atoms with Gasteiger partial charge >= 0.3 is 0 Å². The molecule has 1 amide bonds. The van der Waals surface area contributed by atoms with E-state index in [4.69, 9.17) is 5.73 Å². The van der Waals surface area contributed by atoms with Crippen LogP contribution in [-0.2, 0) is 11.3 Å². The maximum atomic E-state index is 11.8. The lowest BCUT2D eigenvalue weighted by atomic mass is 10.1. The van der Waals surface area contributed by atoms with Crippen molar-refractivity contribution in [3.05, 3.63) is 30.1 Å². The van der Waals surface area contributed by atoms with Gasteiger partial charge in [-0.3, -0.25) is 14.7 Å². The van der Waals surface area contributed by atoms with Crippen LogP contribution in [0.5, 0.6) is 0 Å². The average molecular weight is 278 g/mol. The van der Waals surface area contributed by atoms with Crippen LogP contribution in [-0.4, -0.2) is 41.5 Å². The highest BCUT2D eigenvalue weighted by Gasteiger charge is 2.19. The summed E-state index contributed by atoms with van der Waals surface area (Å²) < 4.78 is 0. The number of carbonyl (C=O) groups excluding carboxylic acids is 1. The molecule has 5 heteroatoms. The normalized spacial score (nSPS) is 12.4. The van der Waals surface area contributed by atoms with Gasteiger partial charge in [0.15, 0.2) is 0 Å². The van der Waals surface area contributed by atoms with E-state index in [9.17, 15) is 4.79 Å². The number of hydrogen-bond acceptors (Lipinski definition) is 4. The van der Waals surface area contributed by atoms with Gasteiger partial charge in [-0.25, -0.2) is 0 Å². The Labute approximate surface area is 121 Å². The van der Waals surface area contributed by atoms with Crippen molar-refractivity contribution >= 4 is 5.91 Å². The van der Waals surface area contributed by atoms with Crippen molar-refractivity contribution < 1.29 is 4.79 Å². The Bertz CT molecular complexity index is 383. The minimum absolute atomic E-state index is 0.0741. The van der Waals surface area contributed by atoms with Crippen molar-refractivity contribution in [3.8, 4) is 0 Å². The van der Waals surface area contributed by atoms with Crippen LogP contribution in [0.3, 0.4) is 0 Å². The molecule has 112 valence electrons. The molecule has 1 heterocycles. The van der Waals surface area contributed by atoms with Gasteiger partial charge in [0.05, 0.1) is 0 Å². The SMILES string of the molecule is CCCNC(=O)CC(CN)N(CC)Cc1ccncc1. The molecule has 1 aromatic rings. The third kappa shape index (κ3) is 5.67. The number of carbonyl (C=O) groups is 1. The largest absolute Gasteiger partial charge is 0.356 e. The van der Waals surface area contributed by atoms with Crippen molar-refractivity contribution in [2.45, 2.75) is 39.3 Å². The van der Waals surface area contributed by atoms with Gasteiger partial charge in [0, 0.05) is 44.5 Å². The molecule has 0 bridgehead atoms. The molecule has 0 aliphatic carbocycles. The van der Waals surface area contributed by atoms with Crippen molar-refractivity contribution in [1.82, 2.24) is 15.2 Å². The highest BCUT2D eigenvalue weighted by Crippen LogP contribution is 2.09. The van der Waals surface area contributed by atoms with E-state index < -0.39 is 0 Å². The van der Waals surface area contributed by atoms with Crippen molar-refractivity contribution in [1.29, 1.82) is 0 Å². The lowest BCUT2D eigenvalue weighted by Gasteiger charge is -2.29. The van der Waals surface area contributed by atoms with E-state index in [1.807, 2.05) is 19.1 Å². The summed E-state index contributed by atoms with van der Waals surface area (Å²) in [5, 5.41) is 2.91. The van der Waals surface area contributed by atoms with Gasteiger partial charge in [-0.1, -0.05) is 13.8 Å². The summed E-state index contributed by atoms with van der Waals surface area (Å²) in [6, 6.07) is 4.06. The Morgan fingerprint density at radius 3 is 2.65 bits per heavy atom. The second kappa shape index (κ2) is 9.44. The van der Waals surface area contributed by atoms with Crippen LogP contribution in [0.2, 0.25) is 0 Å². The Kier molecular flexibility index (Phi) is 7.84. The topological polar surface area (TPSA) is 71.2 Å². The second-order valence-corrected chi connectivity index (χ2v) is 4.86. The molecule has 1 unspecified atom stereocenters. The van der Waals surface area contributed by atoms with Crippen molar-refractivity contribution in [2.24, 2.45) is 5.73 Å². The molecule has 1 aromatic heterocycles. The fraction of sp³-hybridized carbons (Fsp3) is 0.600. The molecule has 0 saturated heterocycles. The van der Waals surface area contributed by atoms with Crippen LogP contribution in [0.15, 0.2) is 24.5 Å². The first kappa shape index (κ1) is 16.6. The summed E-state index contributed by atoms with van der Waals surface area (Å²) >= 11 is 0. The Balaban J connectivity index is 2.58. The van der Waals surface area contributed by atoms with Gasteiger partial charge in [-0.15, -0.1) is 0 Å². The summed E-state index contributed by atoms with van der Waals surface area (Å²) in [7, 11) is 0. The molecular formula is C15H26N4O. The van der Waals surface area contributed by atoms with Gasteiger partial charge in [0.1, 0.15) is 0 Å². The minimum atomic E-state index is 0.0741. The molecule has 0 aliphatic rings. The first-order chi connectivity index (χ1) is 9.71. The number of nitrogens with one attached hydrogen (secondary N) is 1. The van der Waals surface area contributed by atoms with Gasteiger partial charge in [0.2, 0.25) is 5.91 Å². The fourth-order valence-electron chi connectivity index (χ4n) is 2.13. The smallest absolute Gasteiger partial charge is 0.221 e. The van der Waals surface area contributed by atoms with Crippen LogP contribution in [0, 0.1) is 0 Å². The van der Waals surface area contributed by atoms with E-state index in [0.29, 0.717) is 13.0 Å². The summed E-state index contributed by atoms with van der Waals surface area (Å²) in [5.74, 6) is 0.0791. The summed E-state index contributed by atoms with van der Waals surface area (Å²) in [4.78, 5) is 18.1. The fourth-order valence-corrected chi connectivity index (χ4v) is 2.13. The summed E-state index contributed by atoms with van der Waals surface area (Å²) in [6.07, 6.45) is 4.98. The Hall–Kier alpha value is -1.46. The predicted molar refractivity (Wildman–Crippen MR) is 81.1 cm³/mol. The summed E-state index contributed by atoms with van der Waals surface area (Å²) in [5.41, 5.74) is 7.03. The lowest BCUT2D eigenvalue weighted by Crippen LogP contribution is -2.43. The molecule has 0 aromatic carbocycles. The Morgan fingerprint density at radius 1 is 1.40 bits per heavy atom. The molecule has 20 heavy (non-hydrogen) atoms. The molecule has 0 fully saturated rings. The van der Waals surface area contributed by atoms with E-state index in [2.05, 4.69) is 22.1 Å². The standard InChI is InChI=1S/C15H26N4O/c1-3-7-18-15(20)10-14(11-16)19(4-2)12-13-5-8-17-9-6-13/h5-6,8-9,14H,3-4,7,10-12,16H2,1-2H3,(H,18,20). The predicted octanol–water partition coefficient (Wildman–Crippen LogP) is 1.15. The number of amides is 1. The quantitative estimate of drug-likeness (QED) is 0.711. The number of aromatic nitrogens is 1. The number of nitrogens with zero attached hydrogens (tertiary/aromatic N) is 2. The second-order valence-electron chi connectivity index (χ2n) is 4.86. The third-order valence-electron chi connectivity index (χ3n) is 3.32. The van der Waals surface area contributed by atoms with Crippen LogP contribution < -0.4 is 11.1 Å². The summed E-state index contributed by atoms with van der Waals surface area (Å²) in [6.45, 7) is 7.01. The molecule has 0 spiro atoms.